The van der Waals surface area contributed by atoms with Crippen molar-refractivity contribution in [3.63, 3.8) is 0 Å². The number of carbonyl (C=O) groups excluding carboxylic acids is 1. The highest BCUT2D eigenvalue weighted by Gasteiger charge is 2.25. The van der Waals surface area contributed by atoms with Crippen molar-refractivity contribution in [2.75, 3.05) is 32.7 Å². The molecule has 0 aliphatic carbocycles. The lowest BCUT2D eigenvalue weighted by molar-refractivity contribution is 0.0767. The van der Waals surface area contributed by atoms with Gasteiger partial charge in [0.1, 0.15) is 0 Å². The number of amides is 1. The minimum atomic E-state index is -0.0176. The molecule has 2 rings (SSSR count). The van der Waals surface area contributed by atoms with Crippen LogP contribution in [-0.2, 0) is 0 Å². The van der Waals surface area contributed by atoms with Crippen LogP contribution in [0.4, 0.5) is 0 Å². The fraction of sp³-hybridized carbons (Fsp3) is 0.833. The summed E-state index contributed by atoms with van der Waals surface area (Å²) in [4.78, 5) is 16.7. The maximum Gasteiger partial charge on any atom is 0.276 e. The molecule has 24 heavy (non-hydrogen) atoms. The van der Waals surface area contributed by atoms with Gasteiger partial charge in [-0.25, -0.2) is 4.68 Å². The largest absolute Gasteiger partial charge is 0.338 e. The van der Waals surface area contributed by atoms with Gasteiger partial charge in [-0.3, -0.25) is 4.79 Å². The average Bonchev–Trinajstić information content (AvgIpc) is 3.11. The van der Waals surface area contributed by atoms with Gasteiger partial charge in [0.25, 0.3) is 5.91 Å². The third-order valence-electron chi connectivity index (χ3n) is 5.31. The zero-order valence-electron chi connectivity index (χ0n) is 15.7. The molecule has 1 aromatic heterocycles. The Labute approximate surface area is 146 Å². The monoisotopic (exact) mass is 335 g/mol. The van der Waals surface area contributed by atoms with Crippen molar-refractivity contribution in [1.82, 2.24) is 24.8 Å². The van der Waals surface area contributed by atoms with E-state index in [-0.39, 0.29) is 5.91 Å². The van der Waals surface area contributed by atoms with Crippen LogP contribution in [-0.4, -0.2) is 63.4 Å². The second kappa shape index (κ2) is 9.16. The Kier molecular flexibility index (Phi) is 7.21. The molecule has 1 aliphatic heterocycles. The molecule has 0 spiro atoms. The first kappa shape index (κ1) is 18.9. The highest BCUT2D eigenvalue weighted by molar-refractivity contribution is 5.91. The van der Waals surface area contributed by atoms with Gasteiger partial charge < -0.3 is 9.80 Å². The zero-order valence-corrected chi connectivity index (χ0v) is 15.7. The molecule has 0 radical (unpaired) electrons. The van der Waals surface area contributed by atoms with E-state index in [9.17, 15) is 4.79 Å². The van der Waals surface area contributed by atoms with Gasteiger partial charge in [0.2, 0.25) is 0 Å². The fourth-order valence-corrected chi connectivity index (χ4v) is 3.55. The summed E-state index contributed by atoms with van der Waals surface area (Å²) in [5, 5.41) is 8.39. The Morgan fingerprint density at radius 2 is 2.00 bits per heavy atom. The van der Waals surface area contributed by atoms with Gasteiger partial charge in [-0.05, 0) is 39.2 Å². The van der Waals surface area contributed by atoms with Gasteiger partial charge in [0.15, 0.2) is 5.69 Å². The maximum absolute atomic E-state index is 12.4. The second-order valence-electron chi connectivity index (χ2n) is 6.80. The van der Waals surface area contributed by atoms with E-state index in [0.717, 1.165) is 18.9 Å². The standard InChI is InChI=1S/C18H33N5O/c1-5-15(6-2)12-21-11-9-10-16(13-21)23-14-17(19-20-23)18(24)22(7-3)8-4/h14-16H,5-13H2,1-4H3/t16-/m0/s1. The van der Waals surface area contributed by atoms with E-state index in [0.29, 0.717) is 24.8 Å². The van der Waals surface area contributed by atoms with Crippen LogP contribution in [0.1, 0.15) is 69.9 Å². The third-order valence-corrected chi connectivity index (χ3v) is 5.31. The van der Waals surface area contributed by atoms with Crippen molar-refractivity contribution < 1.29 is 4.79 Å². The summed E-state index contributed by atoms with van der Waals surface area (Å²) in [6.45, 7) is 13.3. The van der Waals surface area contributed by atoms with Gasteiger partial charge in [-0.2, -0.15) is 0 Å². The molecule has 1 fully saturated rings. The van der Waals surface area contributed by atoms with Gasteiger partial charge >= 0.3 is 0 Å². The molecule has 136 valence electrons. The van der Waals surface area contributed by atoms with E-state index in [1.54, 1.807) is 4.90 Å². The number of carbonyl (C=O) groups is 1. The normalized spacial score (nSPS) is 19.0. The van der Waals surface area contributed by atoms with Crippen molar-refractivity contribution in [3.05, 3.63) is 11.9 Å². The first-order chi connectivity index (χ1) is 11.6. The molecule has 1 aliphatic rings. The Balaban J connectivity index is 2.00. The van der Waals surface area contributed by atoms with E-state index in [1.807, 2.05) is 24.7 Å². The number of aromatic nitrogens is 3. The summed E-state index contributed by atoms with van der Waals surface area (Å²) in [5.74, 6) is 0.759. The molecular weight excluding hydrogens is 302 g/mol. The predicted molar refractivity (Wildman–Crippen MR) is 96.1 cm³/mol. The molecule has 6 heteroatoms. The maximum atomic E-state index is 12.4. The van der Waals surface area contributed by atoms with E-state index >= 15 is 0 Å². The molecule has 1 amide bonds. The second-order valence-corrected chi connectivity index (χ2v) is 6.80. The van der Waals surface area contributed by atoms with Gasteiger partial charge in [0.05, 0.1) is 12.2 Å². The van der Waals surface area contributed by atoms with Crippen molar-refractivity contribution >= 4 is 5.91 Å². The number of likely N-dealkylation sites (tertiary alicyclic amines) is 1. The first-order valence-electron chi connectivity index (χ1n) is 9.56. The lowest BCUT2D eigenvalue weighted by atomic mass is 10.00. The van der Waals surface area contributed by atoms with Crippen molar-refractivity contribution in [3.8, 4) is 0 Å². The highest BCUT2D eigenvalue weighted by Crippen LogP contribution is 2.23. The van der Waals surface area contributed by atoms with Gasteiger partial charge in [-0.15, -0.1) is 5.10 Å². The molecule has 0 unspecified atom stereocenters. The smallest absolute Gasteiger partial charge is 0.276 e. The van der Waals surface area contributed by atoms with Crippen LogP contribution in [0.3, 0.4) is 0 Å². The number of hydrogen-bond donors (Lipinski definition) is 0. The molecule has 0 aromatic carbocycles. The summed E-state index contributed by atoms with van der Waals surface area (Å²) in [6.07, 6.45) is 6.62. The minimum Gasteiger partial charge on any atom is -0.338 e. The molecule has 2 heterocycles. The Morgan fingerprint density at radius 1 is 1.29 bits per heavy atom. The third kappa shape index (κ3) is 4.56. The summed E-state index contributed by atoms with van der Waals surface area (Å²) >= 11 is 0. The van der Waals surface area contributed by atoms with Crippen LogP contribution < -0.4 is 0 Å². The molecule has 1 aromatic rings. The summed E-state index contributed by atoms with van der Waals surface area (Å²) in [5.41, 5.74) is 0.468. The quantitative estimate of drug-likeness (QED) is 0.733. The number of rotatable bonds is 8. The van der Waals surface area contributed by atoms with Crippen molar-refractivity contribution in [1.29, 1.82) is 0 Å². The highest BCUT2D eigenvalue weighted by atomic mass is 16.2. The van der Waals surface area contributed by atoms with Crippen LogP contribution >= 0.6 is 0 Å². The molecule has 6 nitrogen and oxygen atoms in total. The van der Waals surface area contributed by atoms with E-state index in [1.165, 1.54) is 32.4 Å². The van der Waals surface area contributed by atoms with E-state index in [2.05, 4.69) is 29.1 Å². The van der Waals surface area contributed by atoms with Crippen LogP contribution in [0.25, 0.3) is 0 Å². The molecular formula is C18H33N5O. The molecule has 1 saturated heterocycles. The molecule has 0 N–H and O–H groups in total. The van der Waals surface area contributed by atoms with E-state index in [4.69, 9.17) is 0 Å². The van der Waals surface area contributed by atoms with Crippen LogP contribution in [0, 0.1) is 5.92 Å². The minimum absolute atomic E-state index is 0.0176. The summed E-state index contributed by atoms with van der Waals surface area (Å²) < 4.78 is 1.91. The lowest BCUT2D eigenvalue weighted by Crippen LogP contribution is -2.39. The molecule has 0 saturated carbocycles. The van der Waals surface area contributed by atoms with E-state index < -0.39 is 0 Å². The Morgan fingerprint density at radius 3 is 2.62 bits per heavy atom. The molecule has 1 atom stereocenters. The van der Waals surface area contributed by atoms with Crippen LogP contribution in [0.2, 0.25) is 0 Å². The van der Waals surface area contributed by atoms with Crippen molar-refractivity contribution in [2.24, 2.45) is 5.92 Å². The summed E-state index contributed by atoms with van der Waals surface area (Å²) in [6, 6.07) is 0.332. The number of nitrogens with zero attached hydrogens (tertiary/aromatic N) is 5. The predicted octanol–water partition coefficient (Wildman–Crippen LogP) is 2.83. The average molecular weight is 335 g/mol. The SMILES string of the molecule is CCC(CC)CN1CCC[C@H](n2cc(C(=O)N(CC)CC)nn2)C1. The van der Waals surface area contributed by atoms with Crippen LogP contribution in [0.5, 0.6) is 0 Å². The lowest BCUT2D eigenvalue weighted by Gasteiger charge is -2.34. The number of hydrogen-bond acceptors (Lipinski definition) is 4. The zero-order chi connectivity index (χ0) is 17.5. The van der Waals surface area contributed by atoms with Gasteiger partial charge in [0, 0.05) is 26.2 Å². The Bertz CT molecular complexity index is 507. The number of piperidine rings is 1. The Hall–Kier alpha value is -1.43. The molecule has 0 bridgehead atoms. The van der Waals surface area contributed by atoms with Crippen LogP contribution in [0.15, 0.2) is 6.20 Å². The first-order valence-corrected chi connectivity index (χ1v) is 9.56. The fourth-order valence-electron chi connectivity index (χ4n) is 3.55. The summed E-state index contributed by atoms with van der Waals surface area (Å²) in [7, 11) is 0. The van der Waals surface area contributed by atoms with Gasteiger partial charge in [-0.1, -0.05) is 31.9 Å². The topological polar surface area (TPSA) is 54.3 Å². The van der Waals surface area contributed by atoms with Crippen molar-refractivity contribution in [2.45, 2.75) is 59.4 Å².